The molecule has 2 aromatic rings. The lowest BCUT2D eigenvalue weighted by Crippen LogP contribution is -2.24. The maximum Gasteiger partial charge on any atom is 0.416 e. The molecule has 0 radical (unpaired) electrons. The quantitative estimate of drug-likeness (QED) is 0.320. The Kier molecular flexibility index (Phi) is 8.58. The topological polar surface area (TPSA) is 12.5 Å². The molecule has 0 spiro atoms. The minimum absolute atomic E-state index is 0.214. The highest BCUT2D eigenvalue weighted by atomic mass is 19.4. The Bertz CT molecular complexity index is 698. The van der Waals surface area contributed by atoms with Gasteiger partial charge in [0, 0.05) is 13.0 Å². The minimum atomic E-state index is -4.34. The first-order chi connectivity index (χ1) is 13.4. The van der Waals surface area contributed by atoms with Crippen LogP contribution in [0.5, 0.6) is 5.75 Å². The predicted octanol–water partition coefficient (Wildman–Crippen LogP) is 6.50. The average Bonchev–Trinajstić information content (AvgIpc) is 2.69. The Morgan fingerprint density at radius 1 is 1.00 bits per heavy atom. The van der Waals surface area contributed by atoms with Gasteiger partial charge in [-0.1, -0.05) is 36.4 Å². The maximum atomic E-state index is 12.8. The van der Waals surface area contributed by atoms with Crippen molar-refractivity contribution in [3.8, 4) is 5.75 Å². The number of alkyl halides is 3. The first-order valence-electron chi connectivity index (χ1n) is 9.58. The third-order valence-electron chi connectivity index (χ3n) is 4.60. The van der Waals surface area contributed by atoms with E-state index in [1.807, 2.05) is 36.4 Å². The van der Waals surface area contributed by atoms with Crippen molar-refractivity contribution in [3.05, 3.63) is 78.4 Å². The van der Waals surface area contributed by atoms with Crippen molar-refractivity contribution in [2.75, 3.05) is 20.1 Å². The van der Waals surface area contributed by atoms with Crippen molar-refractivity contribution in [2.24, 2.45) is 0 Å². The van der Waals surface area contributed by atoms with E-state index in [1.54, 1.807) is 0 Å². The molecule has 5 heteroatoms. The molecule has 28 heavy (non-hydrogen) atoms. The van der Waals surface area contributed by atoms with Crippen LogP contribution in [0.1, 0.15) is 42.9 Å². The lowest BCUT2D eigenvalue weighted by molar-refractivity contribution is -0.137. The van der Waals surface area contributed by atoms with Gasteiger partial charge in [0.2, 0.25) is 0 Å². The molecule has 0 heterocycles. The Morgan fingerprint density at radius 3 is 2.29 bits per heavy atom. The zero-order chi connectivity index (χ0) is 20.4. The molecule has 0 aliphatic rings. The highest BCUT2D eigenvalue weighted by Crippen LogP contribution is 2.32. The van der Waals surface area contributed by atoms with Gasteiger partial charge in [0.05, 0.1) is 5.56 Å². The summed E-state index contributed by atoms with van der Waals surface area (Å²) in [5.41, 5.74) is 0.345. The first-order valence-corrected chi connectivity index (χ1v) is 9.58. The Labute approximate surface area is 165 Å². The largest absolute Gasteiger partial charge is 0.486 e. The number of ether oxygens (including phenoxy) is 1. The summed E-state index contributed by atoms with van der Waals surface area (Å²) in [6, 6.07) is 14.7. The normalized spacial score (nSPS) is 12.8. The fourth-order valence-corrected chi connectivity index (χ4v) is 2.97. The number of hydrogen-bond donors (Lipinski definition) is 0. The molecule has 0 aliphatic carbocycles. The van der Waals surface area contributed by atoms with E-state index in [0.717, 1.165) is 56.5 Å². The van der Waals surface area contributed by atoms with Gasteiger partial charge in [-0.25, -0.2) is 0 Å². The molecule has 2 aromatic carbocycles. The van der Waals surface area contributed by atoms with E-state index < -0.39 is 11.7 Å². The Hall–Kier alpha value is -2.27. The molecule has 0 aliphatic heterocycles. The fraction of sp³-hybridized carbons (Fsp3) is 0.391. The zero-order valence-electron chi connectivity index (χ0n) is 16.3. The SMILES string of the molecule is C=CCCCCN(C)CCC(Oc1ccc(C(F)(F)F)cc1)c1ccccc1. The molecular weight excluding hydrogens is 363 g/mol. The van der Waals surface area contributed by atoms with Gasteiger partial charge in [-0.3, -0.25) is 0 Å². The van der Waals surface area contributed by atoms with Crippen LogP contribution in [0.15, 0.2) is 67.3 Å². The smallest absolute Gasteiger partial charge is 0.416 e. The number of unbranched alkanes of at least 4 members (excludes halogenated alkanes) is 2. The highest BCUT2D eigenvalue weighted by molar-refractivity contribution is 5.30. The molecule has 2 rings (SSSR count). The average molecular weight is 391 g/mol. The number of halogens is 3. The summed E-state index contributed by atoms with van der Waals surface area (Å²) in [6.45, 7) is 5.57. The maximum absolute atomic E-state index is 12.8. The molecule has 2 nitrogen and oxygen atoms in total. The van der Waals surface area contributed by atoms with Crippen molar-refractivity contribution in [1.82, 2.24) is 4.90 Å². The van der Waals surface area contributed by atoms with Crippen LogP contribution < -0.4 is 4.74 Å². The summed E-state index contributed by atoms with van der Waals surface area (Å²) in [7, 11) is 2.08. The number of rotatable bonds is 11. The lowest BCUT2D eigenvalue weighted by atomic mass is 10.1. The van der Waals surface area contributed by atoms with Crippen LogP contribution in [-0.2, 0) is 6.18 Å². The van der Waals surface area contributed by atoms with Gasteiger partial charge in [0.15, 0.2) is 0 Å². The highest BCUT2D eigenvalue weighted by Gasteiger charge is 2.30. The molecular formula is C23H28F3NO. The Balaban J connectivity index is 1.99. The molecule has 1 unspecified atom stereocenters. The molecule has 0 N–H and O–H groups in total. The van der Waals surface area contributed by atoms with Crippen LogP contribution in [0.3, 0.4) is 0 Å². The second-order valence-electron chi connectivity index (χ2n) is 6.92. The number of hydrogen-bond acceptors (Lipinski definition) is 2. The molecule has 0 fully saturated rings. The second kappa shape index (κ2) is 10.9. The van der Waals surface area contributed by atoms with Gasteiger partial charge in [-0.15, -0.1) is 6.58 Å². The number of allylic oxidation sites excluding steroid dienone is 1. The van der Waals surface area contributed by atoms with Crippen molar-refractivity contribution in [1.29, 1.82) is 0 Å². The van der Waals surface area contributed by atoms with Crippen LogP contribution in [0, 0.1) is 0 Å². The third kappa shape index (κ3) is 7.39. The van der Waals surface area contributed by atoms with E-state index in [1.165, 1.54) is 12.1 Å². The van der Waals surface area contributed by atoms with E-state index in [-0.39, 0.29) is 6.10 Å². The van der Waals surface area contributed by atoms with Crippen molar-refractivity contribution < 1.29 is 17.9 Å². The molecule has 0 saturated heterocycles. The summed E-state index contributed by atoms with van der Waals surface area (Å²) in [5.74, 6) is 0.440. The summed E-state index contributed by atoms with van der Waals surface area (Å²) >= 11 is 0. The van der Waals surface area contributed by atoms with Crippen LogP contribution in [0.25, 0.3) is 0 Å². The monoisotopic (exact) mass is 391 g/mol. The second-order valence-corrected chi connectivity index (χ2v) is 6.92. The lowest BCUT2D eigenvalue weighted by Gasteiger charge is -2.23. The molecule has 0 aromatic heterocycles. The van der Waals surface area contributed by atoms with E-state index >= 15 is 0 Å². The molecule has 0 saturated carbocycles. The van der Waals surface area contributed by atoms with Gasteiger partial charge in [0.25, 0.3) is 0 Å². The van der Waals surface area contributed by atoms with E-state index in [2.05, 4.69) is 18.5 Å². The molecule has 152 valence electrons. The summed E-state index contributed by atoms with van der Waals surface area (Å²) in [4.78, 5) is 2.26. The summed E-state index contributed by atoms with van der Waals surface area (Å²) < 4.78 is 44.3. The van der Waals surface area contributed by atoms with E-state index in [0.29, 0.717) is 5.75 Å². The molecule has 1 atom stereocenters. The first kappa shape index (κ1) is 22.0. The van der Waals surface area contributed by atoms with Crippen LogP contribution in [-0.4, -0.2) is 25.0 Å². The van der Waals surface area contributed by atoms with Gasteiger partial charge in [-0.2, -0.15) is 13.2 Å². The Morgan fingerprint density at radius 2 is 1.68 bits per heavy atom. The van der Waals surface area contributed by atoms with Crippen LogP contribution >= 0.6 is 0 Å². The van der Waals surface area contributed by atoms with Crippen LogP contribution in [0.4, 0.5) is 13.2 Å². The predicted molar refractivity (Wildman–Crippen MR) is 107 cm³/mol. The summed E-state index contributed by atoms with van der Waals surface area (Å²) in [5, 5.41) is 0. The standard InChI is InChI=1S/C23H28F3NO/c1-3-4-5-9-17-27(2)18-16-22(19-10-7-6-8-11-19)28-21-14-12-20(13-15-21)23(24,25)26/h3,6-8,10-15,22H,1,4-5,9,16-18H2,2H3. The van der Waals surface area contributed by atoms with Gasteiger partial charge in [-0.05, 0) is 62.7 Å². The van der Waals surface area contributed by atoms with E-state index in [4.69, 9.17) is 4.74 Å². The zero-order valence-corrected chi connectivity index (χ0v) is 16.3. The number of benzene rings is 2. The van der Waals surface area contributed by atoms with Gasteiger partial charge >= 0.3 is 6.18 Å². The third-order valence-corrected chi connectivity index (χ3v) is 4.60. The van der Waals surface area contributed by atoms with Gasteiger partial charge in [0.1, 0.15) is 11.9 Å². The fourth-order valence-electron chi connectivity index (χ4n) is 2.97. The number of nitrogens with zero attached hydrogens (tertiary/aromatic N) is 1. The van der Waals surface area contributed by atoms with Crippen LogP contribution in [0.2, 0.25) is 0 Å². The van der Waals surface area contributed by atoms with E-state index in [9.17, 15) is 13.2 Å². The molecule has 0 bridgehead atoms. The van der Waals surface area contributed by atoms with Crippen molar-refractivity contribution in [3.63, 3.8) is 0 Å². The van der Waals surface area contributed by atoms with Gasteiger partial charge < -0.3 is 9.64 Å². The molecule has 0 amide bonds. The van der Waals surface area contributed by atoms with Crippen molar-refractivity contribution in [2.45, 2.75) is 38.0 Å². The summed E-state index contributed by atoms with van der Waals surface area (Å²) in [6.07, 6.45) is 1.39. The minimum Gasteiger partial charge on any atom is -0.486 e. The van der Waals surface area contributed by atoms with Crippen molar-refractivity contribution >= 4 is 0 Å².